The smallest absolute Gasteiger partial charge is 0.251 e. The molecule has 0 saturated carbocycles. The van der Waals surface area contributed by atoms with E-state index >= 15 is 0 Å². The average Bonchev–Trinajstić information content (AvgIpc) is 2.87. The van der Waals surface area contributed by atoms with Gasteiger partial charge in [-0.05, 0) is 50.2 Å². The number of aryl methyl sites for hydroxylation is 2. The van der Waals surface area contributed by atoms with E-state index < -0.39 is 0 Å². The van der Waals surface area contributed by atoms with Crippen LogP contribution < -0.4 is 5.32 Å². The molecule has 120 valence electrons. The first-order chi connectivity index (χ1) is 10.6. The third-order valence-corrected chi connectivity index (χ3v) is 4.39. The molecular formula is C18H27N3O. The van der Waals surface area contributed by atoms with Gasteiger partial charge in [-0.3, -0.25) is 4.79 Å². The van der Waals surface area contributed by atoms with Crippen molar-refractivity contribution in [2.75, 3.05) is 26.2 Å². The van der Waals surface area contributed by atoms with Crippen molar-refractivity contribution in [3.05, 3.63) is 35.0 Å². The Labute approximate surface area is 132 Å². The number of aromatic amines is 1. The number of carbonyl (C=O) groups is 1. The lowest BCUT2D eigenvalue weighted by Crippen LogP contribution is -2.34. The normalized spacial score (nSPS) is 11.3. The Bertz CT molecular complexity index is 641. The molecule has 2 N–H and O–H groups in total. The van der Waals surface area contributed by atoms with Crippen molar-refractivity contribution in [1.29, 1.82) is 0 Å². The monoisotopic (exact) mass is 301 g/mol. The summed E-state index contributed by atoms with van der Waals surface area (Å²) >= 11 is 0. The Hall–Kier alpha value is -1.81. The molecule has 0 unspecified atom stereocenters. The summed E-state index contributed by atoms with van der Waals surface area (Å²) in [6.45, 7) is 12.1. The summed E-state index contributed by atoms with van der Waals surface area (Å²) in [4.78, 5) is 18.0. The largest absolute Gasteiger partial charge is 0.358 e. The van der Waals surface area contributed by atoms with E-state index in [1.54, 1.807) is 0 Å². The number of nitrogens with one attached hydrogen (secondary N) is 2. The quantitative estimate of drug-likeness (QED) is 0.825. The molecule has 0 radical (unpaired) electrons. The van der Waals surface area contributed by atoms with Crippen LogP contribution in [0.1, 0.15) is 42.4 Å². The van der Waals surface area contributed by atoms with Gasteiger partial charge in [0.05, 0.1) is 0 Å². The Kier molecular flexibility index (Phi) is 5.61. The number of hydrogen-bond acceptors (Lipinski definition) is 2. The fourth-order valence-electron chi connectivity index (χ4n) is 2.85. The highest BCUT2D eigenvalue weighted by atomic mass is 16.1. The molecule has 4 nitrogen and oxygen atoms in total. The number of hydrogen-bond donors (Lipinski definition) is 2. The van der Waals surface area contributed by atoms with E-state index in [2.05, 4.69) is 42.9 Å². The maximum Gasteiger partial charge on any atom is 0.251 e. The molecule has 1 heterocycles. The third kappa shape index (κ3) is 3.50. The van der Waals surface area contributed by atoms with Crippen LogP contribution in [0.15, 0.2) is 18.2 Å². The maximum atomic E-state index is 12.3. The minimum atomic E-state index is 0.00713. The van der Waals surface area contributed by atoms with E-state index in [0.717, 1.165) is 42.5 Å². The molecule has 0 fully saturated rings. The van der Waals surface area contributed by atoms with Gasteiger partial charge in [0.15, 0.2) is 0 Å². The van der Waals surface area contributed by atoms with E-state index in [-0.39, 0.29) is 5.91 Å². The molecule has 0 saturated heterocycles. The molecule has 1 aromatic heterocycles. The fourth-order valence-corrected chi connectivity index (χ4v) is 2.85. The Balaban J connectivity index is 2.07. The van der Waals surface area contributed by atoms with E-state index in [1.807, 2.05) is 18.2 Å². The van der Waals surface area contributed by atoms with Gasteiger partial charge in [0.2, 0.25) is 0 Å². The van der Waals surface area contributed by atoms with Crippen molar-refractivity contribution in [3.8, 4) is 0 Å². The minimum Gasteiger partial charge on any atom is -0.358 e. The number of benzene rings is 1. The summed E-state index contributed by atoms with van der Waals surface area (Å²) in [7, 11) is 0. The van der Waals surface area contributed by atoms with Gasteiger partial charge in [0.1, 0.15) is 0 Å². The molecule has 1 aromatic carbocycles. The van der Waals surface area contributed by atoms with Crippen LogP contribution in [0.2, 0.25) is 0 Å². The maximum absolute atomic E-state index is 12.3. The second kappa shape index (κ2) is 7.45. The lowest BCUT2D eigenvalue weighted by Gasteiger charge is -2.17. The van der Waals surface area contributed by atoms with Gasteiger partial charge in [-0.15, -0.1) is 0 Å². The van der Waals surface area contributed by atoms with Crippen molar-refractivity contribution in [2.45, 2.75) is 34.1 Å². The molecule has 0 bridgehead atoms. The first-order valence-electron chi connectivity index (χ1n) is 8.22. The zero-order chi connectivity index (χ0) is 16.1. The number of likely N-dealkylation sites (N-methyl/N-ethyl adjacent to an activating group) is 1. The molecule has 0 spiro atoms. The number of nitrogens with zero attached hydrogens (tertiary/aromatic N) is 1. The van der Waals surface area contributed by atoms with Crippen molar-refractivity contribution in [3.63, 3.8) is 0 Å². The molecular weight excluding hydrogens is 274 g/mol. The second-order valence-corrected chi connectivity index (χ2v) is 5.63. The summed E-state index contributed by atoms with van der Waals surface area (Å²) in [6.07, 6.45) is 0.978. The van der Waals surface area contributed by atoms with Crippen molar-refractivity contribution < 1.29 is 4.79 Å². The highest BCUT2D eigenvalue weighted by molar-refractivity contribution is 5.99. The SMILES string of the molecule is CCc1[nH]c2ccc(C(=O)NCCN(CC)CC)cc2c1C. The van der Waals surface area contributed by atoms with E-state index in [1.165, 1.54) is 11.3 Å². The number of fused-ring (bicyclic) bond motifs is 1. The molecule has 0 aliphatic carbocycles. The van der Waals surface area contributed by atoms with Gasteiger partial charge in [-0.1, -0.05) is 20.8 Å². The Morgan fingerprint density at radius 1 is 1.23 bits per heavy atom. The van der Waals surface area contributed by atoms with Crippen LogP contribution in [0.4, 0.5) is 0 Å². The number of amides is 1. The number of rotatable bonds is 7. The molecule has 2 aromatic rings. The predicted octanol–water partition coefficient (Wildman–Crippen LogP) is 3.11. The first kappa shape index (κ1) is 16.6. The van der Waals surface area contributed by atoms with Crippen LogP contribution in [0.3, 0.4) is 0 Å². The van der Waals surface area contributed by atoms with Gasteiger partial charge < -0.3 is 15.2 Å². The van der Waals surface area contributed by atoms with E-state index in [4.69, 9.17) is 0 Å². The summed E-state index contributed by atoms with van der Waals surface area (Å²) in [5.41, 5.74) is 4.33. The van der Waals surface area contributed by atoms with Gasteiger partial charge >= 0.3 is 0 Å². The van der Waals surface area contributed by atoms with E-state index in [9.17, 15) is 4.79 Å². The topological polar surface area (TPSA) is 48.1 Å². The minimum absolute atomic E-state index is 0.00713. The molecule has 0 aliphatic heterocycles. The molecule has 1 amide bonds. The first-order valence-corrected chi connectivity index (χ1v) is 8.22. The molecule has 0 atom stereocenters. The van der Waals surface area contributed by atoms with Crippen LogP contribution >= 0.6 is 0 Å². The number of carbonyl (C=O) groups excluding carboxylic acids is 1. The standard InChI is InChI=1S/C18H27N3O/c1-5-16-13(4)15-12-14(8-9-17(15)20-16)18(22)19-10-11-21(6-2)7-3/h8-9,12,20H,5-7,10-11H2,1-4H3,(H,19,22). The van der Waals surface area contributed by atoms with Crippen LogP contribution in [0.25, 0.3) is 10.9 Å². The van der Waals surface area contributed by atoms with Crippen LogP contribution in [0, 0.1) is 6.92 Å². The highest BCUT2D eigenvalue weighted by Gasteiger charge is 2.10. The van der Waals surface area contributed by atoms with E-state index in [0.29, 0.717) is 6.54 Å². The molecule has 2 rings (SSSR count). The van der Waals surface area contributed by atoms with Gasteiger partial charge in [-0.25, -0.2) is 0 Å². The zero-order valence-electron chi connectivity index (χ0n) is 14.1. The molecule has 22 heavy (non-hydrogen) atoms. The van der Waals surface area contributed by atoms with Gasteiger partial charge in [-0.2, -0.15) is 0 Å². The van der Waals surface area contributed by atoms with Crippen LogP contribution in [-0.4, -0.2) is 42.0 Å². The summed E-state index contributed by atoms with van der Waals surface area (Å²) in [6, 6.07) is 5.89. The van der Waals surface area contributed by atoms with Gasteiger partial charge in [0, 0.05) is 35.2 Å². The molecule has 4 heteroatoms. The van der Waals surface area contributed by atoms with Crippen molar-refractivity contribution >= 4 is 16.8 Å². The van der Waals surface area contributed by atoms with Gasteiger partial charge in [0.25, 0.3) is 5.91 Å². The summed E-state index contributed by atoms with van der Waals surface area (Å²) < 4.78 is 0. The summed E-state index contributed by atoms with van der Waals surface area (Å²) in [5, 5.41) is 4.16. The number of H-pyrrole nitrogens is 1. The lowest BCUT2D eigenvalue weighted by molar-refractivity contribution is 0.0949. The second-order valence-electron chi connectivity index (χ2n) is 5.63. The Morgan fingerprint density at radius 2 is 1.95 bits per heavy atom. The van der Waals surface area contributed by atoms with Crippen molar-refractivity contribution in [2.24, 2.45) is 0 Å². The fraction of sp³-hybridized carbons (Fsp3) is 0.500. The summed E-state index contributed by atoms with van der Waals surface area (Å²) in [5.74, 6) is 0.00713. The predicted molar refractivity (Wildman–Crippen MR) is 92.5 cm³/mol. The van der Waals surface area contributed by atoms with Crippen LogP contribution in [0.5, 0.6) is 0 Å². The van der Waals surface area contributed by atoms with Crippen molar-refractivity contribution in [1.82, 2.24) is 15.2 Å². The molecule has 0 aliphatic rings. The Morgan fingerprint density at radius 3 is 2.59 bits per heavy atom. The van der Waals surface area contributed by atoms with Crippen LogP contribution in [-0.2, 0) is 6.42 Å². The zero-order valence-corrected chi connectivity index (χ0v) is 14.1. The highest BCUT2D eigenvalue weighted by Crippen LogP contribution is 2.23. The number of aromatic nitrogens is 1. The third-order valence-electron chi connectivity index (χ3n) is 4.39. The lowest BCUT2D eigenvalue weighted by atomic mass is 10.1. The average molecular weight is 301 g/mol.